The van der Waals surface area contributed by atoms with Crippen molar-refractivity contribution in [1.29, 1.82) is 0 Å². The highest BCUT2D eigenvalue weighted by atomic mass is 79.9. The van der Waals surface area contributed by atoms with E-state index in [2.05, 4.69) is 86.1 Å². The van der Waals surface area contributed by atoms with Crippen LogP contribution >= 0.6 is 27.3 Å². The fraction of sp³-hybridized carbons (Fsp3) is 0.0769. The van der Waals surface area contributed by atoms with Crippen molar-refractivity contribution < 1.29 is 0 Å². The van der Waals surface area contributed by atoms with E-state index in [9.17, 15) is 0 Å². The van der Waals surface area contributed by atoms with Gasteiger partial charge in [-0.25, -0.2) is 9.97 Å². The number of halogens is 1. The summed E-state index contributed by atoms with van der Waals surface area (Å²) in [5, 5.41) is 3.02. The Hall–Kier alpha value is -3.22. The van der Waals surface area contributed by atoms with E-state index in [0.29, 0.717) is 0 Å². The quantitative estimate of drug-likeness (QED) is 0.251. The summed E-state index contributed by atoms with van der Waals surface area (Å²) in [6, 6.07) is 22.8. The van der Waals surface area contributed by atoms with E-state index < -0.39 is 0 Å². The summed E-state index contributed by atoms with van der Waals surface area (Å²) < 4.78 is 3.09. The molecule has 0 saturated heterocycles. The summed E-state index contributed by atoms with van der Waals surface area (Å²) in [4.78, 5) is 11.9. The van der Waals surface area contributed by atoms with Crippen molar-refractivity contribution in [3.8, 4) is 11.3 Å². The third-order valence-corrected chi connectivity index (χ3v) is 6.65. The van der Waals surface area contributed by atoms with Crippen LogP contribution in [0.4, 0.5) is 10.9 Å². The number of rotatable bonds is 5. The Morgan fingerprint density at radius 3 is 2.50 bits per heavy atom. The lowest BCUT2D eigenvalue weighted by molar-refractivity contribution is 1.06. The molecular weight excluding hydrogens is 480 g/mol. The molecule has 0 aliphatic carbocycles. The number of hydrogen-bond acceptors (Lipinski definition) is 4. The normalized spacial score (nSPS) is 11.5. The van der Waals surface area contributed by atoms with Gasteiger partial charge in [-0.05, 0) is 46.6 Å². The number of hydrogen-bond donors (Lipinski definition) is 0. The van der Waals surface area contributed by atoms with E-state index >= 15 is 0 Å². The zero-order valence-corrected chi connectivity index (χ0v) is 20.1. The Bertz CT molecular complexity index is 1400. The van der Waals surface area contributed by atoms with Gasteiger partial charge in [0.25, 0.3) is 0 Å². The molecule has 4 nitrogen and oxygen atoms in total. The molecule has 0 saturated carbocycles. The minimum atomic E-state index is 0.887. The summed E-state index contributed by atoms with van der Waals surface area (Å²) in [5.74, 6) is 0.971. The van der Waals surface area contributed by atoms with Gasteiger partial charge in [-0.1, -0.05) is 66.2 Å². The van der Waals surface area contributed by atoms with Crippen LogP contribution < -0.4 is 4.90 Å². The molecule has 0 atom stereocenters. The van der Waals surface area contributed by atoms with Crippen molar-refractivity contribution in [3.63, 3.8) is 0 Å². The van der Waals surface area contributed by atoms with Gasteiger partial charge in [0.1, 0.15) is 17.2 Å². The fourth-order valence-corrected chi connectivity index (χ4v) is 4.71. The molecule has 32 heavy (non-hydrogen) atoms. The van der Waals surface area contributed by atoms with Gasteiger partial charge in [0.15, 0.2) is 5.13 Å². The number of anilines is 2. The molecule has 0 aliphatic rings. The average Bonchev–Trinajstić information content (AvgIpc) is 3.43. The van der Waals surface area contributed by atoms with Crippen molar-refractivity contribution in [2.75, 3.05) is 11.9 Å². The van der Waals surface area contributed by atoms with Gasteiger partial charge in [-0.15, -0.1) is 11.3 Å². The molecule has 0 aliphatic heterocycles. The molecular formula is C26H21BrN4S. The second kappa shape index (κ2) is 8.73. The van der Waals surface area contributed by atoms with Gasteiger partial charge < -0.3 is 4.90 Å². The smallest absolute Gasteiger partial charge is 0.191 e. The monoisotopic (exact) mass is 500 g/mol. The Kier molecular flexibility index (Phi) is 5.64. The van der Waals surface area contributed by atoms with Gasteiger partial charge in [0.2, 0.25) is 0 Å². The van der Waals surface area contributed by atoms with Gasteiger partial charge in [-0.3, -0.25) is 4.40 Å². The molecule has 0 spiro atoms. The zero-order valence-electron chi connectivity index (χ0n) is 17.7. The lowest BCUT2D eigenvalue weighted by atomic mass is 10.1. The van der Waals surface area contributed by atoms with Crippen LogP contribution in [0.5, 0.6) is 0 Å². The first-order valence-electron chi connectivity index (χ1n) is 10.3. The van der Waals surface area contributed by atoms with Gasteiger partial charge in [0, 0.05) is 28.7 Å². The molecule has 5 rings (SSSR count). The minimum Gasteiger partial charge on any atom is -0.305 e. The fourth-order valence-electron chi connectivity index (χ4n) is 3.57. The summed E-state index contributed by atoms with van der Waals surface area (Å²) in [6.07, 6.45) is 6.20. The molecule has 6 heteroatoms. The predicted molar refractivity (Wildman–Crippen MR) is 139 cm³/mol. The van der Waals surface area contributed by atoms with E-state index in [-0.39, 0.29) is 0 Å². The molecule has 0 radical (unpaired) electrons. The first-order valence-corrected chi connectivity index (χ1v) is 11.9. The second-order valence-electron chi connectivity index (χ2n) is 7.58. The number of nitrogens with zero attached hydrogens (tertiary/aromatic N) is 4. The standard InChI is InChI=1S/C26H21BrN4S/c1-18-8-11-20(12-9-18)23-17-32-26(29-23)30(2)25-22(14-10-19-6-4-3-5-7-19)28-24-15-13-21(27)16-31(24)25/h3-17H,1-2H3/b14-10+. The largest absolute Gasteiger partial charge is 0.305 e. The molecule has 3 aromatic heterocycles. The van der Waals surface area contributed by atoms with E-state index in [1.54, 1.807) is 11.3 Å². The maximum atomic E-state index is 4.92. The SMILES string of the molecule is Cc1ccc(-c2csc(N(C)c3c(/C=C/c4ccccc4)nc4ccc(Br)cn34)n2)cc1. The van der Waals surface area contributed by atoms with Crippen LogP contribution in [-0.2, 0) is 0 Å². The van der Waals surface area contributed by atoms with Gasteiger partial charge >= 0.3 is 0 Å². The molecule has 0 N–H and O–H groups in total. The first kappa shape index (κ1) is 20.7. The summed E-state index contributed by atoms with van der Waals surface area (Å²) in [5.41, 5.74) is 6.26. The topological polar surface area (TPSA) is 33.4 Å². The number of benzene rings is 2. The third kappa shape index (κ3) is 4.11. The minimum absolute atomic E-state index is 0.887. The number of pyridine rings is 1. The van der Waals surface area contributed by atoms with Crippen molar-refractivity contribution in [3.05, 3.63) is 99.6 Å². The number of fused-ring (bicyclic) bond motifs is 1. The highest BCUT2D eigenvalue weighted by molar-refractivity contribution is 9.10. The summed E-state index contributed by atoms with van der Waals surface area (Å²) in [6.45, 7) is 2.09. The first-order chi connectivity index (χ1) is 15.6. The number of aryl methyl sites for hydroxylation is 1. The molecule has 158 valence electrons. The van der Waals surface area contributed by atoms with Crippen LogP contribution in [0.2, 0.25) is 0 Å². The van der Waals surface area contributed by atoms with E-state index in [1.807, 2.05) is 43.6 Å². The molecule has 0 bridgehead atoms. The van der Waals surface area contributed by atoms with E-state index in [0.717, 1.165) is 43.6 Å². The Labute approximate surface area is 199 Å². The molecule has 3 heterocycles. The van der Waals surface area contributed by atoms with Crippen LogP contribution in [0.25, 0.3) is 29.1 Å². The lowest BCUT2D eigenvalue weighted by Gasteiger charge is -2.16. The summed E-state index contributed by atoms with van der Waals surface area (Å²) >= 11 is 5.23. The molecule has 0 amide bonds. The average molecular weight is 501 g/mol. The van der Waals surface area contributed by atoms with E-state index in [1.165, 1.54) is 5.56 Å². The number of imidazole rings is 1. The third-order valence-electron chi connectivity index (χ3n) is 5.26. The molecule has 0 fully saturated rings. The van der Waals surface area contributed by atoms with Crippen LogP contribution in [0, 0.1) is 6.92 Å². The number of thiazole rings is 1. The Morgan fingerprint density at radius 2 is 1.72 bits per heavy atom. The van der Waals surface area contributed by atoms with E-state index in [4.69, 9.17) is 9.97 Å². The lowest BCUT2D eigenvalue weighted by Crippen LogP contribution is -2.12. The van der Waals surface area contributed by atoms with Crippen molar-refractivity contribution in [1.82, 2.24) is 14.4 Å². The van der Waals surface area contributed by atoms with Crippen LogP contribution in [0.1, 0.15) is 16.8 Å². The maximum absolute atomic E-state index is 4.92. The predicted octanol–water partition coefficient (Wildman–Crippen LogP) is 7.47. The highest BCUT2D eigenvalue weighted by Crippen LogP contribution is 2.34. The maximum Gasteiger partial charge on any atom is 0.191 e. The molecule has 5 aromatic rings. The van der Waals surface area contributed by atoms with Crippen molar-refractivity contribution >= 4 is 56.0 Å². The van der Waals surface area contributed by atoms with Gasteiger partial charge in [0.05, 0.1) is 5.69 Å². The Balaban J connectivity index is 1.57. The highest BCUT2D eigenvalue weighted by Gasteiger charge is 2.19. The number of aromatic nitrogens is 3. The molecule has 0 unspecified atom stereocenters. The summed E-state index contributed by atoms with van der Waals surface area (Å²) in [7, 11) is 2.04. The zero-order chi connectivity index (χ0) is 22.1. The van der Waals surface area contributed by atoms with Crippen molar-refractivity contribution in [2.45, 2.75) is 6.92 Å². The van der Waals surface area contributed by atoms with Gasteiger partial charge in [-0.2, -0.15) is 0 Å². The van der Waals surface area contributed by atoms with Crippen LogP contribution in [-0.4, -0.2) is 21.4 Å². The molecule has 2 aromatic carbocycles. The Morgan fingerprint density at radius 1 is 0.938 bits per heavy atom. The second-order valence-corrected chi connectivity index (χ2v) is 9.33. The van der Waals surface area contributed by atoms with Crippen LogP contribution in [0.3, 0.4) is 0 Å². The van der Waals surface area contributed by atoms with Crippen LogP contribution in [0.15, 0.2) is 82.8 Å². The van der Waals surface area contributed by atoms with Crippen molar-refractivity contribution in [2.24, 2.45) is 0 Å².